The lowest BCUT2D eigenvalue weighted by molar-refractivity contribution is -0.120. The number of hydrogen-bond acceptors (Lipinski definition) is 4. The van der Waals surface area contributed by atoms with Gasteiger partial charge in [-0.2, -0.15) is 0 Å². The SMILES string of the molecule is CCC(=O)NCCc1csc(C2CCN(C(=O)c3ccc(F)cc3F)CC2)n1. The van der Waals surface area contributed by atoms with Gasteiger partial charge >= 0.3 is 0 Å². The van der Waals surface area contributed by atoms with E-state index in [1.807, 2.05) is 12.3 Å². The van der Waals surface area contributed by atoms with E-state index in [9.17, 15) is 18.4 Å². The summed E-state index contributed by atoms with van der Waals surface area (Å²) >= 11 is 1.60. The van der Waals surface area contributed by atoms with E-state index in [-0.39, 0.29) is 17.4 Å². The van der Waals surface area contributed by atoms with Crippen molar-refractivity contribution in [1.82, 2.24) is 15.2 Å². The van der Waals surface area contributed by atoms with Crippen molar-refractivity contribution in [1.29, 1.82) is 0 Å². The average Bonchev–Trinajstić information content (AvgIpc) is 3.16. The van der Waals surface area contributed by atoms with Crippen LogP contribution in [0.2, 0.25) is 0 Å². The summed E-state index contributed by atoms with van der Waals surface area (Å²) < 4.78 is 26.9. The molecular formula is C20H23F2N3O2S. The average molecular weight is 407 g/mol. The zero-order valence-electron chi connectivity index (χ0n) is 15.7. The molecule has 1 aromatic carbocycles. The molecule has 150 valence electrons. The fourth-order valence-corrected chi connectivity index (χ4v) is 4.27. The van der Waals surface area contributed by atoms with Gasteiger partial charge in [-0.1, -0.05) is 6.92 Å². The second-order valence-corrected chi connectivity index (χ2v) is 7.71. The molecule has 0 aliphatic carbocycles. The third kappa shape index (κ3) is 4.92. The van der Waals surface area contributed by atoms with Gasteiger partial charge < -0.3 is 10.2 Å². The van der Waals surface area contributed by atoms with Crippen molar-refractivity contribution < 1.29 is 18.4 Å². The number of carbonyl (C=O) groups is 2. The zero-order chi connectivity index (χ0) is 20.1. The van der Waals surface area contributed by atoms with Crippen molar-refractivity contribution in [2.24, 2.45) is 0 Å². The van der Waals surface area contributed by atoms with Crippen molar-refractivity contribution in [3.05, 3.63) is 51.5 Å². The first-order valence-corrected chi connectivity index (χ1v) is 10.3. The van der Waals surface area contributed by atoms with E-state index in [1.54, 1.807) is 16.2 Å². The quantitative estimate of drug-likeness (QED) is 0.797. The minimum atomic E-state index is -0.827. The fourth-order valence-electron chi connectivity index (χ4n) is 3.24. The number of aromatic nitrogens is 1. The van der Waals surface area contributed by atoms with E-state index < -0.39 is 17.5 Å². The van der Waals surface area contributed by atoms with Crippen LogP contribution in [-0.4, -0.2) is 41.3 Å². The van der Waals surface area contributed by atoms with Crippen molar-refractivity contribution >= 4 is 23.2 Å². The van der Waals surface area contributed by atoms with Gasteiger partial charge in [-0.15, -0.1) is 11.3 Å². The van der Waals surface area contributed by atoms with Gasteiger partial charge in [0, 0.05) is 49.8 Å². The molecule has 1 aliphatic heterocycles. The number of piperidine rings is 1. The first-order valence-electron chi connectivity index (χ1n) is 9.43. The molecular weight excluding hydrogens is 384 g/mol. The third-order valence-corrected chi connectivity index (χ3v) is 5.94. The first kappa shape index (κ1) is 20.4. The predicted molar refractivity (Wildman–Crippen MR) is 103 cm³/mol. The Hall–Kier alpha value is -2.35. The number of halogens is 2. The van der Waals surface area contributed by atoms with Gasteiger partial charge in [-0.3, -0.25) is 9.59 Å². The van der Waals surface area contributed by atoms with Gasteiger partial charge in [0.15, 0.2) is 0 Å². The van der Waals surface area contributed by atoms with Crippen LogP contribution in [0, 0.1) is 11.6 Å². The maximum atomic E-state index is 13.9. The molecule has 2 heterocycles. The molecule has 1 aliphatic rings. The van der Waals surface area contributed by atoms with Crippen molar-refractivity contribution in [3.63, 3.8) is 0 Å². The van der Waals surface area contributed by atoms with Gasteiger partial charge in [-0.05, 0) is 25.0 Å². The number of nitrogens with zero attached hydrogens (tertiary/aromatic N) is 2. The molecule has 3 rings (SSSR count). The van der Waals surface area contributed by atoms with Crippen LogP contribution in [0.25, 0.3) is 0 Å². The van der Waals surface area contributed by atoms with E-state index in [4.69, 9.17) is 0 Å². The molecule has 5 nitrogen and oxygen atoms in total. The molecule has 0 saturated carbocycles. The minimum Gasteiger partial charge on any atom is -0.356 e. The van der Waals surface area contributed by atoms with E-state index in [1.165, 1.54) is 6.07 Å². The van der Waals surface area contributed by atoms with Crippen LogP contribution in [0.3, 0.4) is 0 Å². The Kier molecular flexibility index (Phi) is 6.72. The van der Waals surface area contributed by atoms with Crippen LogP contribution >= 0.6 is 11.3 Å². The molecule has 1 fully saturated rings. The van der Waals surface area contributed by atoms with Crippen LogP contribution < -0.4 is 5.32 Å². The number of carbonyl (C=O) groups excluding carboxylic acids is 2. The van der Waals surface area contributed by atoms with E-state index in [2.05, 4.69) is 10.3 Å². The van der Waals surface area contributed by atoms with E-state index in [0.717, 1.165) is 35.7 Å². The van der Waals surface area contributed by atoms with Crippen molar-refractivity contribution in [3.8, 4) is 0 Å². The van der Waals surface area contributed by atoms with Crippen LogP contribution in [-0.2, 0) is 11.2 Å². The largest absolute Gasteiger partial charge is 0.356 e. The summed E-state index contributed by atoms with van der Waals surface area (Å²) in [4.78, 5) is 30.1. The summed E-state index contributed by atoms with van der Waals surface area (Å²) in [5.41, 5.74) is 0.869. The predicted octanol–water partition coefficient (Wildman–Crippen LogP) is 3.51. The molecule has 2 amide bonds. The fraction of sp³-hybridized carbons (Fsp3) is 0.450. The minimum absolute atomic E-state index is 0.0325. The summed E-state index contributed by atoms with van der Waals surface area (Å²) in [6.07, 6.45) is 2.69. The van der Waals surface area contributed by atoms with Gasteiger partial charge in [0.05, 0.1) is 16.3 Å². The molecule has 0 atom stereocenters. The Labute approximate surface area is 166 Å². The number of benzene rings is 1. The molecule has 0 unspecified atom stereocenters. The molecule has 1 N–H and O–H groups in total. The Morgan fingerprint density at radius 1 is 1.29 bits per heavy atom. The van der Waals surface area contributed by atoms with Crippen LogP contribution in [0.15, 0.2) is 23.6 Å². The molecule has 2 aromatic rings. The second kappa shape index (κ2) is 9.23. The summed E-state index contributed by atoms with van der Waals surface area (Å²) in [6, 6.07) is 3.03. The number of rotatable bonds is 6. The molecule has 1 saturated heterocycles. The summed E-state index contributed by atoms with van der Waals surface area (Å²) in [7, 11) is 0. The topological polar surface area (TPSA) is 62.3 Å². The molecule has 1 aromatic heterocycles. The van der Waals surface area contributed by atoms with Crippen molar-refractivity contribution in [2.45, 2.75) is 38.5 Å². The summed E-state index contributed by atoms with van der Waals surface area (Å²) in [5, 5.41) is 5.89. The van der Waals surface area contributed by atoms with Gasteiger partial charge in [0.1, 0.15) is 11.6 Å². The molecule has 8 heteroatoms. The number of likely N-dealkylation sites (tertiary alicyclic amines) is 1. The zero-order valence-corrected chi connectivity index (χ0v) is 16.5. The van der Waals surface area contributed by atoms with Gasteiger partial charge in [0.25, 0.3) is 5.91 Å². The lowest BCUT2D eigenvalue weighted by Crippen LogP contribution is -2.38. The first-order chi connectivity index (χ1) is 13.5. The van der Waals surface area contributed by atoms with E-state index in [0.29, 0.717) is 32.5 Å². The molecule has 28 heavy (non-hydrogen) atoms. The van der Waals surface area contributed by atoms with Gasteiger partial charge in [-0.25, -0.2) is 13.8 Å². The number of hydrogen-bond donors (Lipinski definition) is 1. The number of nitrogens with one attached hydrogen (secondary N) is 1. The number of thiazole rings is 1. The Morgan fingerprint density at radius 2 is 2.04 bits per heavy atom. The molecule has 0 bridgehead atoms. The lowest BCUT2D eigenvalue weighted by Gasteiger charge is -2.31. The standard InChI is InChI=1S/C20H23F2N3O2S/c1-2-18(26)23-8-5-15-12-28-19(24-15)13-6-9-25(10-7-13)20(27)16-4-3-14(21)11-17(16)22/h3-4,11-13H,2,5-10H2,1H3,(H,23,26). The van der Waals surface area contributed by atoms with Crippen LogP contribution in [0.5, 0.6) is 0 Å². The monoisotopic (exact) mass is 407 g/mol. The lowest BCUT2D eigenvalue weighted by atomic mass is 9.97. The highest BCUT2D eigenvalue weighted by molar-refractivity contribution is 7.09. The highest BCUT2D eigenvalue weighted by Gasteiger charge is 2.27. The van der Waals surface area contributed by atoms with Crippen molar-refractivity contribution in [2.75, 3.05) is 19.6 Å². The van der Waals surface area contributed by atoms with E-state index >= 15 is 0 Å². The highest BCUT2D eigenvalue weighted by Crippen LogP contribution is 2.31. The van der Waals surface area contributed by atoms with Gasteiger partial charge in [0.2, 0.25) is 5.91 Å². The normalized spacial score (nSPS) is 14.9. The second-order valence-electron chi connectivity index (χ2n) is 6.82. The summed E-state index contributed by atoms with van der Waals surface area (Å²) in [5.74, 6) is -1.62. The Balaban J connectivity index is 1.52. The Morgan fingerprint density at radius 3 is 2.71 bits per heavy atom. The molecule has 0 spiro atoms. The smallest absolute Gasteiger partial charge is 0.256 e. The maximum absolute atomic E-state index is 13.9. The Bertz CT molecular complexity index is 848. The van der Waals surface area contributed by atoms with Crippen LogP contribution in [0.1, 0.15) is 53.2 Å². The summed E-state index contributed by atoms with van der Waals surface area (Å²) in [6.45, 7) is 3.42. The van der Waals surface area contributed by atoms with Crippen LogP contribution in [0.4, 0.5) is 8.78 Å². The maximum Gasteiger partial charge on any atom is 0.256 e. The number of amides is 2. The molecule has 0 radical (unpaired) electrons. The third-order valence-electron chi connectivity index (χ3n) is 4.89. The highest BCUT2D eigenvalue weighted by atomic mass is 32.1.